The summed E-state index contributed by atoms with van der Waals surface area (Å²) in [7, 11) is -4.42. The summed E-state index contributed by atoms with van der Waals surface area (Å²) in [5.74, 6) is -0.462. The second-order valence-electron chi connectivity index (χ2n) is 3.64. The highest BCUT2D eigenvalue weighted by atomic mass is 32.2. The number of nitrogens with zero attached hydrogens (tertiary/aromatic N) is 1. The van der Waals surface area contributed by atoms with Crippen molar-refractivity contribution in [3.05, 3.63) is 35.9 Å². The predicted molar refractivity (Wildman–Crippen MR) is 58.3 cm³/mol. The van der Waals surface area contributed by atoms with E-state index in [0.29, 0.717) is 0 Å². The fourth-order valence-electron chi connectivity index (χ4n) is 1.62. The summed E-state index contributed by atoms with van der Waals surface area (Å²) in [4.78, 5) is 12.5. The minimum Gasteiger partial charge on any atom is -0.333 e. The van der Waals surface area contributed by atoms with Crippen LogP contribution < -0.4 is 0 Å². The predicted octanol–water partition coefficient (Wildman–Crippen LogP) is 0.217. The highest BCUT2D eigenvalue weighted by Gasteiger charge is 2.40. The van der Waals surface area contributed by atoms with Crippen LogP contribution in [0.2, 0.25) is 0 Å². The van der Waals surface area contributed by atoms with Gasteiger partial charge in [0.15, 0.2) is 0 Å². The third-order valence-corrected chi connectivity index (χ3v) is 3.27. The van der Waals surface area contributed by atoms with Crippen LogP contribution >= 0.6 is 0 Å². The molecule has 0 spiro atoms. The van der Waals surface area contributed by atoms with Gasteiger partial charge in [0.1, 0.15) is 6.61 Å². The van der Waals surface area contributed by atoms with E-state index in [2.05, 4.69) is 0 Å². The van der Waals surface area contributed by atoms with Gasteiger partial charge < -0.3 is 4.74 Å². The Balaban J connectivity index is 2.21. The minimum atomic E-state index is -4.42. The summed E-state index contributed by atoms with van der Waals surface area (Å²) in [6.07, 6.45) is 0. The van der Waals surface area contributed by atoms with Crippen molar-refractivity contribution in [2.24, 2.45) is 0 Å². The molecular formula is C10H11NO5S. The highest BCUT2D eigenvalue weighted by Crippen LogP contribution is 2.19. The average Bonchev–Trinajstić information content (AvgIpc) is 2.62. The Kier molecular flexibility index (Phi) is 3.14. The van der Waals surface area contributed by atoms with Crippen LogP contribution in [0.5, 0.6) is 0 Å². The van der Waals surface area contributed by atoms with Crippen LogP contribution in [0.4, 0.5) is 0 Å². The van der Waals surface area contributed by atoms with Gasteiger partial charge in [0.2, 0.25) is 0 Å². The molecule has 1 aliphatic heterocycles. The third kappa shape index (κ3) is 2.63. The van der Waals surface area contributed by atoms with Gasteiger partial charge in [-0.15, -0.1) is 0 Å². The Morgan fingerprint density at radius 3 is 2.59 bits per heavy atom. The van der Waals surface area contributed by atoms with Crippen LogP contribution in [0, 0.1) is 0 Å². The molecule has 0 saturated carbocycles. The summed E-state index contributed by atoms with van der Waals surface area (Å²) < 4.78 is 35.7. The lowest BCUT2D eigenvalue weighted by molar-refractivity contribution is -0.127. The van der Waals surface area contributed by atoms with E-state index in [9.17, 15) is 13.2 Å². The van der Waals surface area contributed by atoms with Crippen molar-refractivity contribution in [3.8, 4) is 0 Å². The summed E-state index contributed by atoms with van der Waals surface area (Å²) in [5.41, 5.74) is -0.838. The first-order valence-electron chi connectivity index (χ1n) is 4.90. The molecule has 7 heteroatoms. The maximum atomic E-state index is 11.5. The van der Waals surface area contributed by atoms with Crippen molar-refractivity contribution in [1.29, 1.82) is 0 Å². The van der Waals surface area contributed by atoms with Crippen molar-refractivity contribution in [2.45, 2.75) is 12.1 Å². The van der Waals surface area contributed by atoms with Gasteiger partial charge in [0.05, 0.1) is 0 Å². The average molecular weight is 257 g/mol. The van der Waals surface area contributed by atoms with E-state index in [-0.39, 0.29) is 13.2 Å². The topological polar surface area (TPSA) is 83.9 Å². The second kappa shape index (κ2) is 4.44. The van der Waals surface area contributed by atoms with E-state index in [4.69, 9.17) is 9.29 Å². The first-order chi connectivity index (χ1) is 7.98. The van der Waals surface area contributed by atoms with E-state index in [1.807, 2.05) is 6.07 Å². The monoisotopic (exact) mass is 257 g/mol. The molecule has 1 aromatic rings. The Bertz CT molecular complexity index is 513. The largest absolute Gasteiger partial charge is 0.333 e. The number of carbonyl (C=O) groups is 1. The first kappa shape index (κ1) is 12.0. The first-order valence-corrected chi connectivity index (χ1v) is 6.40. The van der Waals surface area contributed by atoms with Gasteiger partial charge in [0.25, 0.3) is 11.5 Å². The van der Waals surface area contributed by atoms with Gasteiger partial charge in [-0.2, -0.15) is 8.42 Å². The second-order valence-corrected chi connectivity index (χ2v) is 5.07. The molecular weight excluding hydrogens is 246 g/mol. The summed E-state index contributed by atoms with van der Waals surface area (Å²) in [5, 5.41) is 0. The van der Waals surface area contributed by atoms with Gasteiger partial charge >= 0.3 is 10.1 Å². The lowest BCUT2D eigenvalue weighted by atomic mass is 10.2. The molecule has 1 fully saturated rings. The van der Waals surface area contributed by atoms with Crippen LogP contribution in [-0.2, 0) is 26.2 Å². The molecule has 0 aromatic heterocycles. The fraction of sp³-hybridized carbons (Fsp3) is 0.300. The van der Waals surface area contributed by atoms with Gasteiger partial charge in [-0.05, 0) is 5.56 Å². The van der Waals surface area contributed by atoms with Gasteiger partial charge in [-0.25, -0.2) is 0 Å². The molecule has 0 aliphatic carbocycles. The van der Waals surface area contributed by atoms with E-state index in [1.165, 1.54) is 0 Å². The molecule has 1 saturated heterocycles. The third-order valence-electron chi connectivity index (χ3n) is 2.37. The zero-order chi connectivity index (χ0) is 12.5. The molecule has 0 bridgehead atoms. The number of benzene rings is 1. The molecule has 92 valence electrons. The Morgan fingerprint density at radius 1 is 1.35 bits per heavy atom. The molecule has 17 heavy (non-hydrogen) atoms. The lowest BCUT2D eigenvalue weighted by Gasteiger charge is -2.20. The lowest BCUT2D eigenvalue weighted by Crippen LogP contribution is -2.38. The summed E-state index contributed by atoms with van der Waals surface area (Å²) in [6, 6.07) is 8.88. The summed E-state index contributed by atoms with van der Waals surface area (Å²) in [6.45, 7) is -0.249. The highest BCUT2D eigenvalue weighted by molar-refractivity contribution is 7.86. The van der Waals surface area contributed by atoms with Crippen LogP contribution in [0.1, 0.15) is 5.56 Å². The fourth-order valence-corrected chi connectivity index (χ4v) is 2.38. The number of amides is 1. The van der Waals surface area contributed by atoms with Crippen molar-refractivity contribution < 1.29 is 22.5 Å². The maximum absolute atomic E-state index is 11.5. The van der Waals surface area contributed by atoms with Crippen LogP contribution in [-0.4, -0.2) is 35.9 Å². The molecule has 1 aromatic carbocycles. The zero-order valence-corrected chi connectivity index (χ0v) is 9.63. The minimum absolute atomic E-state index is 0.0874. The molecule has 0 radical (unpaired) electrons. The number of rotatable bonds is 3. The quantitative estimate of drug-likeness (QED) is 0.783. The van der Waals surface area contributed by atoms with Gasteiger partial charge in [0, 0.05) is 6.54 Å². The van der Waals surface area contributed by atoms with Crippen molar-refractivity contribution in [2.75, 3.05) is 6.61 Å². The smallest absolute Gasteiger partial charge is 0.312 e. The molecule has 1 N–H and O–H groups in total. The van der Waals surface area contributed by atoms with E-state index < -0.39 is 21.6 Å². The number of hydrogen-bond acceptors (Lipinski definition) is 4. The molecule has 1 unspecified atom stereocenters. The van der Waals surface area contributed by atoms with E-state index in [0.717, 1.165) is 10.5 Å². The van der Waals surface area contributed by atoms with Crippen LogP contribution in [0.25, 0.3) is 0 Å². The van der Waals surface area contributed by atoms with Crippen LogP contribution in [0.3, 0.4) is 0 Å². The Labute approximate surface area is 98.5 Å². The molecule has 1 amide bonds. The Morgan fingerprint density at radius 2 is 2.00 bits per heavy atom. The van der Waals surface area contributed by atoms with Crippen molar-refractivity contribution >= 4 is 16.0 Å². The Hall–Kier alpha value is -1.44. The van der Waals surface area contributed by atoms with Crippen LogP contribution in [0.15, 0.2) is 30.3 Å². The van der Waals surface area contributed by atoms with Crippen molar-refractivity contribution in [3.63, 3.8) is 0 Å². The normalized spacial score (nSPS) is 20.9. The maximum Gasteiger partial charge on any atom is 0.312 e. The van der Waals surface area contributed by atoms with E-state index in [1.54, 1.807) is 24.3 Å². The zero-order valence-electron chi connectivity index (χ0n) is 8.81. The number of hydrogen-bond donors (Lipinski definition) is 1. The van der Waals surface area contributed by atoms with Gasteiger partial charge in [-0.1, -0.05) is 30.3 Å². The molecule has 1 aliphatic rings. The SMILES string of the molecule is O=C1COC(S(=O)(=O)O)N1Cc1ccccc1. The van der Waals surface area contributed by atoms with Gasteiger partial charge in [-0.3, -0.25) is 14.2 Å². The molecule has 1 heterocycles. The van der Waals surface area contributed by atoms with E-state index >= 15 is 0 Å². The standard InChI is InChI=1S/C10H11NO5S/c12-9-7-16-10(17(13,14)15)11(9)6-8-4-2-1-3-5-8/h1-5,10H,6-7H2,(H,13,14,15). The summed E-state index contributed by atoms with van der Waals surface area (Å²) >= 11 is 0. The number of carbonyl (C=O) groups excluding carboxylic acids is 1. The molecule has 1 atom stereocenters. The molecule has 2 rings (SSSR count). The van der Waals surface area contributed by atoms with Crippen molar-refractivity contribution in [1.82, 2.24) is 4.90 Å². The number of ether oxygens (including phenoxy) is 1. The molecule has 6 nitrogen and oxygen atoms in total.